The zero-order valence-electron chi connectivity index (χ0n) is 6.65. The molecule has 0 saturated carbocycles. The summed E-state index contributed by atoms with van der Waals surface area (Å²) in [6.45, 7) is 2.29. The third kappa shape index (κ3) is 3.29. The van der Waals surface area contributed by atoms with E-state index in [1.807, 2.05) is 0 Å². The van der Waals surface area contributed by atoms with Crippen LogP contribution in [0.15, 0.2) is 0 Å². The van der Waals surface area contributed by atoms with Crippen LogP contribution in [0.3, 0.4) is 0 Å². The van der Waals surface area contributed by atoms with Crippen LogP contribution < -0.4 is 0 Å². The predicted molar refractivity (Wildman–Crippen MR) is 38.7 cm³/mol. The Kier molecular flexibility index (Phi) is 3.41. The number of nitrogens with zero attached hydrogens (tertiary/aromatic N) is 1. The Morgan fingerprint density at radius 3 is 2.36 bits per heavy atom. The summed E-state index contributed by atoms with van der Waals surface area (Å²) in [5, 5.41) is 27.6. The Balaban J connectivity index is 4.08. The largest absolute Gasteiger partial charge is 0.394 e. The third-order valence-corrected chi connectivity index (χ3v) is 1.61. The highest BCUT2D eigenvalue weighted by atomic mass is 16.6. The Morgan fingerprint density at radius 1 is 1.64 bits per heavy atom. The van der Waals surface area contributed by atoms with Gasteiger partial charge in [-0.05, 0) is 0 Å². The SMILES string of the molecule is CC(C)(C[N+](=O)[O-])C(O)CO. The molecule has 0 spiro atoms. The van der Waals surface area contributed by atoms with E-state index < -0.39 is 23.0 Å². The van der Waals surface area contributed by atoms with Gasteiger partial charge in [-0.25, -0.2) is 0 Å². The Morgan fingerprint density at radius 2 is 2.09 bits per heavy atom. The number of rotatable bonds is 4. The molecule has 1 unspecified atom stereocenters. The second-order valence-electron chi connectivity index (χ2n) is 3.18. The van der Waals surface area contributed by atoms with Crippen LogP contribution in [0, 0.1) is 15.5 Å². The van der Waals surface area contributed by atoms with E-state index in [2.05, 4.69) is 0 Å². The second-order valence-corrected chi connectivity index (χ2v) is 3.18. The van der Waals surface area contributed by atoms with Gasteiger partial charge in [-0.2, -0.15) is 0 Å². The van der Waals surface area contributed by atoms with Crippen molar-refractivity contribution in [3.8, 4) is 0 Å². The van der Waals surface area contributed by atoms with E-state index in [0.29, 0.717) is 0 Å². The van der Waals surface area contributed by atoms with Gasteiger partial charge in [0.25, 0.3) is 0 Å². The molecule has 0 aliphatic rings. The summed E-state index contributed by atoms with van der Waals surface area (Å²) >= 11 is 0. The van der Waals surface area contributed by atoms with E-state index >= 15 is 0 Å². The van der Waals surface area contributed by atoms with Crippen LogP contribution in [0.4, 0.5) is 0 Å². The lowest BCUT2D eigenvalue weighted by Gasteiger charge is -2.24. The van der Waals surface area contributed by atoms with Crippen molar-refractivity contribution < 1.29 is 15.1 Å². The van der Waals surface area contributed by atoms with Crippen molar-refractivity contribution in [3.05, 3.63) is 10.1 Å². The first-order chi connectivity index (χ1) is 4.90. The molecule has 66 valence electrons. The third-order valence-electron chi connectivity index (χ3n) is 1.61. The van der Waals surface area contributed by atoms with Gasteiger partial charge in [0.2, 0.25) is 6.54 Å². The van der Waals surface area contributed by atoms with Gasteiger partial charge >= 0.3 is 0 Å². The highest BCUT2D eigenvalue weighted by Crippen LogP contribution is 2.19. The van der Waals surface area contributed by atoms with E-state index in [1.54, 1.807) is 0 Å². The molecule has 1 atom stereocenters. The lowest BCUT2D eigenvalue weighted by molar-refractivity contribution is -0.499. The van der Waals surface area contributed by atoms with Crippen LogP contribution in [-0.4, -0.2) is 34.4 Å². The highest BCUT2D eigenvalue weighted by Gasteiger charge is 2.32. The molecule has 5 nitrogen and oxygen atoms in total. The summed E-state index contributed by atoms with van der Waals surface area (Å²) in [6, 6.07) is 0. The van der Waals surface area contributed by atoms with Crippen molar-refractivity contribution in [2.24, 2.45) is 5.41 Å². The van der Waals surface area contributed by atoms with Crippen LogP contribution in [0.2, 0.25) is 0 Å². The summed E-state index contributed by atoms with van der Waals surface area (Å²) in [5.41, 5.74) is -0.863. The van der Waals surface area contributed by atoms with Gasteiger partial charge in [0.1, 0.15) is 0 Å². The smallest absolute Gasteiger partial charge is 0.211 e. The normalized spacial score (nSPS) is 14.5. The number of hydrogen-bond donors (Lipinski definition) is 2. The zero-order chi connectivity index (χ0) is 9.07. The fourth-order valence-corrected chi connectivity index (χ4v) is 0.685. The zero-order valence-corrected chi connectivity index (χ0v) is 6.65. The average Bonchev–Trinajstić information content (AvgIpc) is 1.83. The fourth-order valence-electron chi connectivity index (χ4n) is 0.685. The Labute approximate surface area is 64.8 Å². The molecule has 5 heteroatoms. The minimum absolute atomic E-state index is 0.339. The minimum Gasteiger partial charge on any atom is -0.394 e. The van der Waals surface area contributed by atoms with Gasteiger partial charge in [-0.1, -0.05) is 13.8 Å². The molecule has 0 heterocycles. The van der Waals surface area contributed by atoms with Crippen molar-refractivity contribution in [1.29, 1.82) is 0 Å². The molecule has 0 aliphatic carbocycles. The molecule has 0 fully saturated rings. The summed E-state index contributed by atoms with van der Waals surface area (Å²) in [6.07, 6.45) is -1.03. The average molecular weight is 163 g/mol. The Hall–Kier alpha value is -0.680. The Bertz CT molecular complexity index is 146. The van der Waals surface area contributed by atoms with Gasteiger partial charge in [0.15, 0.2) is 0 Å². The van der Waals surface area contributed by atoms with Gasteiger partial charge in [0.05, 0.1) is 18.1 Å². The lowest BCUT2D eigenvalue weighted by Crippen LogP contribution is -2.38. The van der Waals surface area contributed by atoms with Gasteiger partial charge in [-0.15, -0.1) is 0 Å². The van der Waals surface area contributed by atoms with Gasteiger partial charge in [-0.3, -0.25) is 10.1 Å². The lowest BCUT2D eigenvalue weighted by atomic mass is 9.87. The van der Waals surface area contributed by atoms with Crippen molar-refractivity contribution in [2.45, 2.75) is 20.0 Å². The summed E-state index contributed by atoms with van der Waals surface area (Å²) in [4.78, 5) is 9.55. The monoisotopic (exact) mass is 163 g/mol. The highest BCUT2D eigenvalue weighted by molar-refractivity contribution is 4.75. The topological polar surface area (TPSA) is 83.6 Å². The van der Waals surface area contributed by atoms with Crippen LogP contribution in [-0.2, 0) is 0 Å². The quantitative estimate of drug-likeness (QED) is 0.438. The molecule has 2 N–H and O–H groups in total. The molecule has 0 aromatic heterocycles. The van der Waals surface area contributed by atoms with Crippen molar-refractivity contribution in [1.82, 2.24) is 0 Å². The van der Waals surface area contributed by atoms with Gasteiger partial charge < -0.3 is 10.2 Å². The standard InChI is InChI=1S/C6H13NO4/c1-6(2,4-7(10)11)5(9)3-8/h5,8-9H,3-4H2,1-2H3. The minimum atomic E-state index is -1.03. The maximum absolute atomic E-state index is 10.0. The molecule has 0 amide bonds. The van der Waals surface area contributed by atoms with Crippen LogP contribution >= 0.6 is 0 Å². The van der Waals surface area contributed by atoms with Crippen molar-refractivity contribution >= 4 is 0 Å². The fraction of sp³-hybridized carbons (Fsp3) is 1.00. The van der Waals surface area contributed by atoms with Crippen molar-refractivity contribution in [3.63, 3.8) is 0 Å². The number of aliphatic hydroxyl groups excluding tert-OH is 2. The van der Waals surface area contributed by atoms with Crippen LogP contribution in [0.1, 0.15) is 13.8 Å². The summed E-state index contributed by atoms with van der Waals surface area (Å²) < 4.78 is 0. The second kappa shape index (κ2) is 3.64. The molecular formula is C6H13NO4. The van der Waals surface area contributed by atoms with E-state index in [9.17, 15) is 10.1 Å². The van der Waals surface area contributed by atoms with E-state index in [4.69, 9.17) is 10.2 Å². The predicted octanol–water partition coefficient (Wildman–Crippen LogP) is -0.358. The molecule has 0 bridgehead atoms. The van der Waals surface area contributed by atoms with Crippen LogP contribution in [0.25, 0.3) is 0 Å². The molecule has 11 heavy (non-hydrogen) atoms. The van der Waals surface area contributed by atoms with Crippen molar-refractivity contribution in [2.75, 3.05) is 13.2 Å². The first-order valence-electron chi connectivity index (χ1n) is 3.31. The molecule has 0 radical (unpaired) electrons. The maximum atomic E-state index is 10.0. The summed E-state index contributed by atoms with van der Waals surface area (Å²) in [5.74, 6) is 0. The molecule has 0 rings (SSSR count). The number of aliphatic hydroxyl groups is 2. The maximum Gasteiger partial charge on any atom is 0.211 e. The molecule has 0 aromatic carbocycles. The molecule has 0 aromatic rings. The molecule has 0 aliphatic heterocycles. The van der Waals surface area contributed by atoms with E-state index in [0.717, 1.165) is 0 Å². The first kappa shape index (κ1) is 10.3. The molecule has 0 saturated heterocycles. The van der Waals surface area contributed by atoms with Crippen LogP contribution in [0.5, 0.6) is 0 Å². The summed E-state index contributed by atoms with van der Waals surface area (Å²) in [7, 11) is 0. The van der Waals surface area contributed by atoms with E-state index in [1.165, 1.54) is 13.8 Å². The van der Waals surface area contributed by atoms with E-state index in [-0.39, 0.29) is 6.54 Å². The number of hydrogen-bond acceptors (Lipinski definition) is 4. The molecular weight excluding hydrogens is 150 g/mol. The first-order valence-corrected chi connectivity index (χ1v) is 3.31. The number of nitro groups is 1. The van der Waals surface area contributed by atoms with Gasteiger partial charge in [0, 0.05) is 4.92 Å².